The van der Waals surface area contributed by atoms with E-state index in [-0.39, 0.29) is 25.0 Å². The van der Waals surface area contributed by atoms with Crippen molar-refractivity contribution < 1.29 is 38.1 Å². The maximum atomic E-state index is 12.5. The number of rotatable bonds is 3. The van der Waals surface area contributed by atoms with Crippen LogP contribution in [0.1, 0.15) is 52.4 Å². The minimum atomic E-state index is -1.55. The summed E-state index contributed by atoms with van der Waals surface area (Å²) in [4.78, 5) is 35.7. The van der Waals surface area contributed by atoms with E-state index in [0.29, 0.717) is 0 Å². The molecule has 3 rings (SSSR count). The Morgan fingerprint density at radius 1 is 0.923 bits per heavy atom. The fraction of sp³-hybridized carbons (Fsp3) is 0.833. The Kier molecular flexibility index (Phi) is 5.53. The molecular formula is C18H26O8. The molecule has 3 aliphatic rings. The SMILES string of the molecule is COC(=O)[C@@]1(OC(C)=O)C[C@@H](OC(C)=O)[C@@H]2OC3CCCCC3O[C@@H]2C1. The van der Waals surface area contributed by atoms with Crippen LogP contribution in [-0.2, 0) is 38.1 Å². The van der Waals surface area contributed by atoms with Crippen LogP contribution in [0.5, 0.6) is 0 Å². The summed E-state index contributed by atoms with van der Waals surface area (Å²) in [6.45, 7) is 2.52. The molecule has 26 heavy (non-hydrogen) atoms. The quantitative estimate of drug-likeness (QED) is 0.541. The van der Waals surface area contributed by atoms with Gasteiger partial charge in [0.05, 0.1) is 25.4 Å². The monoisotopic (exact) mass is 370 g/mol. The lowest BCUT2D eigenvalue weighted by Crippen LogP contribution is -2.64. The highest BCUT2D eigenvalue weighted by Crippen LogP contribution is 2.43. The van der Waals surface area contributed by atoms with Crippen molar-refractivity contribution in [3.63, 3.8) is 0 Å². The lowest BCUT2D eigenvalue weighted by Gasteiger charge is -2.51. The van der Waals surface area contributed by atoms with Crippen molar-refractivity contribution in [3.05, 3.63) is 0 Å². The predicted molar refractivity (Wildman–Crippen MR) is 87.1 cm³/mol. The number of hydrogen-bond donors (Lipinski definition) is 0. The van der Waals surface area contributed by atoms with Gasteiger partial charge in [0.15, 0.2) is 0 Å². The van der Waals surface area contributed by atoms with Gasteiger partial charge in [-0.1, -0.05) is 12.8 Å². The second-order valence-electron chi connectivity index (χ2n) is 7.27. The first-order valence-electron chi connectivity index (χ1n) is 9.11. The van der Waals surface area contributed by atoms with Crippen molar-refractivity contribution >= 4 is 17.9 Å². The van der Waals surface area contributed by atoms with E-state index in [0.717, 1.165) is 25.7 Å². The molecule has 1 heterocycles. The van der Waals surface area contributed by atoms with Gasteiger partial charge in [-0.25, -0.2) is 4.79 Å². The molecule has 0 aromatic rings. The molecule has 0 aromatic heterocycles. The molecule has 0 spiro atoms. The molecule has 0 bridgehead atoms. The van der Waals surface area contributed by atoms with Gasteiger partial charge >= 0.3 is 17.9 Å². The molecule has 0 amide bonds. The molecule has 0 aromatic carbocycles. The summed E-state index contributed by atoms with van der Waals surface area (Å²) < 4.78 is 28.1. The van der Waals surface area contributed by atoms with Crippen molar-refractivity contribution in [3.8, 4) is 0 Å². The zero-order valence-electron chi connectivity index (χ0n) is 15.4. The van der Waals surface area contributed by atoms with Crippen LogP contribution in [-0.4, -0.2) is 61.1 Å². The molecule has 8 heteroatoms. The molecule has 0 radical (unpaired) electrons. The Balaban J connectivity index is 1.90. The van der Waals surface area contributed by atoms with Crippen molar-refractivity contribution in [2.75, 3.05) is 7.11 Å². The number of hydrogen-bond acceptors (Lipinski definition) is 8. The van der Waals surface area contributed by atoms with Crippen LogP contribution in [0, 0.1) is 0 Å². The molecule has 1 saturated heterocycles. The van der Waals surface area contributed by atoms with E-state index < -0.39 is 41.8 Å². The second-order valence-corrected chi connectivity index (χ2v) is 7.27. The van der Waals surface area contributed by atoms with Gasteiger partial charge in [0.2, 0.25) is 5.60 Å². The number of carbonyl (C=O) groups is 3. The van der Waals surface area contributed by atoms with Gasteiger partial charge in [0.25, 0.3) is 0 Å². The third-order valence-corrected chi connectivity index (χ3v) is 5.33. The van der Waals surface area contributed by atoms with Crippen LogP contribution in [0.15, 0.2) is 0 Å². The maximum Gasteiger partial charge on any atom is 0.350 e. The van der Waals surface area contributed by atoms with E-state index in [1.807, 2.05) is 0 Å². The van der Waals surface area contributed by atoms with E-state index in [1.165, 1.54) is 21.0 Å². The normalized spacial score (nSPS) is 39.1. The highest BCUT2D eigenvalue weighted by molar-refractivity contribution is 5.83. The Bertz CT molecular complexity index is 576. The zero-order chi connectivity index (χ0) is 18.9. The van der Waals surface area contributed by atoms with Gasteiger partial charge < -0.3 is 23.7 Å². The Labute approximate surface area is 152 Å². The van der Waals surface area contributed by atoms with Crippen LogP contribution in [0.4, 0.5) is 0 Å². The van der Waals surface area contributed by atoms with Crippen molar-refractivity contribution in [2.45, 2.75) is 88.5 Å². The second kappa shape index (κ2) is 7.52. The first kappa shape index (κ1) is 19.1. The predicted octanol–water partition coefficient (Wildman–Crippen LogP) is 1.28. The summed E-state index contributed by atoms with van der Waals surface area (Å²) >= 11 is 0. The Hall–Kier alpha value is -1.67. The highest BCUT2D eigenvalue weighted by atomic mass is 16.6. The highest BCUT2D eigenvalue weighted by Gasteiger charge is 2.58. The molecule has 1 aliphatic heterocycles. The van der Waals surface area contributed by atoms with Crippen molar-refractivity contribution in [2.24, 2.45) is 0 Å². The largest absolute Gasteiger partial charge is 0.466 e. The molecular weight excluding hydrogens is 344 g/mol. The average molecular weight is 370 g/mol. The lowest BCUT2D eigenvalue weighted by molar-refractivity contribution is -0.285. The molecule has 2 unspecified atom stereocenters. The fourth-order valence-electron chi connectivity index (χ4n) is 4.38. The number of fused-ring (bicyclic) bond motifs is 2. The average Bonchev–Trinajstić information content (AvgIpc) is 2.58. The molecule has 8 nitrogen and oxygen atoms in total. The van der Waals surface area contributed by atoms with E-state index in [9.17, 15) is 14.4 Å². The van der Waals surface area contributed by atoms with Crippen LogP contribution in [0.2, 0.25) is 0 Å². The van der Waals surface area contributed by atoms with Gasteiger partial charge in [0.1, 0.15) is 12.2 Å². The molecule has 146 valence electrons. The standard InChI is InChI=1S/C18H26O8/c1-10(19)23-14-8-18(17(21)22-3,26-11(2)20)9-15-16(14)25-13-7-5-4-6-12(13)24-15/h12-16H,4-9H2,1-3H3/t12?,13?,14-,15-,16+,18-/m1/s1. The summed E-state index contributed by atoms with van der Waals surface area (Å²) in [5.74, 6) is -1.79. The van der Waals surface area contributed by atoms with Gasteiger partial charge in [-0.15, -0.1) is 0 Å². The number of carbonyl (C=O) groups excluding carboxylic acids is 3. The topological polar surface area (TPSA) is 97.4 Å². The minimum Gasteiger partial charge on any atom is -0.466 e. The van der Waals surface area contributed by atoms with Gasteiger partial charge in [0, 0.05) is 26.7 Å². The number of ether oxygens (including phenoxy) is 5. The molecule has 2 saturated carbocycles. The van der Waals surface area contributed by atoms with E-state index >= 15 is 0 Å². The summed E-state index contributed by atoms with van der Waals surface area (Å²) in [7, 11) is 1.23. The van der Waals surface area contributed by atoms with Crippen LogP contribution in [0.3, 0.4) is 0 Å². The van der Waals surface area contributed by atoms with E-state index in [1.54, 1.807) is 0 Å². The maximum absolute atomic E-state index is 12.5. The smallest absolute Gasteiger partial charge is 0.350 e. The van der Waals surface area contributed by atoms with Gasteiger partial charge in [-0.05, 0) is 12.8 Å². The third-order valence-electron chi connectivity index (χ3n) is 5.33. The number of esters is 3. The molecule has 0 N–H and O–H groups in total. The van der Waals surface area contributed by atoms with Crippen LogP contribution >= 0.6 is 0 Å². The van der Waals surface area contributed by atoms with Gasteiger partial charge in [-0.2, -0.15) is 0 Å². The van der Waals surface area contributed by atoms with Gasteiger partial charge in [-0.3, -0.25) is 9.59 Å². The van der Waals surface area contributed by atoms with E-state index in [2.05, 4.69) is 0 Å². The van der Waals surface area contributed by atoms with Crippen LogP contribution < -0.4 is 0 Å². The third kappa shape index (κ3) is 3.71. The summed E-state index contributed by atoms with van der Waals surface area (Å²) in [6, 6.07) is 0. The van der Waals surface area contributed by atoms with Crippen molar-refractivity contribution in [1.29, 1.82) is 0 Å². The first-order chi connectivity index (χ1) is 12.3. The van der Waals surface area contributed by atoms with Crippen molar-refractivity contribution in [1.82, 2.24) is 0 Å². The Morgan fingerprint density at radius 2 is 1.58 bits per heavy atom. The summed E-state index contributed by atoms with van der Waals surface area (Å²) in [6.07, 6.45) is 2.13. The minimum absolute atomic E-state index is 0.0131. The lowest BCUT2D eigenvalue weighted by atomic mass is 9.77. The zero-order valence-corrected chi connectivity index (χ0v) is 15.4. The Morgan fingerprint density at radius 3 is 2.15 bits per heavy atom. The molecule has 6 atom stereocenters. The fourth-order valence-corrected chi connectivity index (χ4v) is 4.38. The molecule has 2 aliphatic carbocycles. The number of methoxy groups -OCH3 is 1. The summed E-state index contributed by atoms with van der Waals surface area (Å²) in [5, 5.41) is 0. The van der Waals surface area contributed by atoms with E-state index in [4.69, 9.17) is 23.7 Å². The first-order valence-corrected chi connectivity index (χ1v) is 9.11. The summed E-state index contributed by atoms with van der Waals surface area (Å²) in [5.41, 5.74) is -1.55. The van der Waals surface area contributed by atoms with Crippen LogP contribution in [0.25, 0.3) is 0 Å². The molecule has 3 fully saturated rings.